The fourth-order valence-corrected chi connectivity index (χ4v) is 3.85. The fraction of sp³-hybridized carbons (Fsp3) is 0.280. The Morgan fingerprint density at radius 1 is 1.11 bits per heavy atom. The predicted molar refractivity (Wildman–Crippen MR) is 141 cm³/mol. The number of benzene rings is 2. The van der Waals surface area contributed by atoms with Gasteiger partial charge in [-0.2, -0.15) is 0 Å². The number of rotatable bonds is 9. The van der Waals surface area contributed by atoms with Crippen LogP contribution in [0.4, 0.5) is 27.7 Å². The quantitative estimate of drug-likeness (QED) is 0.310. The lowest BCUT2D eigenvalue weighted by Crippen LogP contribution is -2.41. The van der Waals surface area contributed by atoms with Crippen LogP contribution in [0, 0.1) is 0 Å². The molecule has 0 atom stereocenters. The summed E-state index contributed by atoms with van der Waals surface area (Å²) in [6.45, 7) is 3.46. The van der Waals surface area contributed by atoms with Gasteiger partial charge in [-0.05, 0) is 55.5 Å². The number of nitrogens with one attached hydrogen (secondary N) is 3. The van der Waals surface area contributed by atoms with Gasteiger partial charge >= 0.3 is 6.03 Å². The summed E-state index contributed by atoms with van der Waals surface area (Å²) in [6.07, 6.45) is 0. The van der Waals surface area contributed by atoms with Gasteiger partial charge in [0, 0.05) is 35.7 Å². The van der Waals surface area contributed by atoms with Crippen LogP contribution in [0.2, 0.25) is 5.15 Å². The Labute approximate surface area is 218 Å². The molecule has 37 heavy (non-hydrogen) atoms. The molecule has 0 unspecified atom stereocenters. The highest BCUT2D eigenvalue weighted by Crippen LogP contribution is 2.33. The van der Waals surface area contributed by atoms with Crippen molar-refractivity contribution < 1.29 is 24.2 Å². The topological polar surface area (TPSA) is 138 Å². The number of carbonyl (C=O) groups is 2. The van der Waals surface area contributed by atoms with E-state index >= 15 is 0 Å². The largest absolute Gasteiger partial charge is 0.487 e. The van der Waals surface area contributed by atoms with E-state index in [1.807, 2.05) is 6.92 Å². The van der Waals surface area contributed by atoms with Gasteiger partial charge in [-0.15, -0.1) is 0 Å². The number of hydrogen-bond acceptors (Lipinski definition) is 8. The van der Waals surface area contributed by atoms with Crippen LogP contribution in [0.3, 0.4) is 0 Å². The molecule has 12 heteroatoms. The molecule has 1 saturated heterocycles. The summed E-state index contributed by atoms with van der Waals surface area (Å²) < 4.78 is 10.7. The molecule has 0 spiro atoms. The molecule has 2 aromatic carbocycles. The molecular formula is C25H27ClN6O5. The number of carbonyl (C=O) groups excluding carboxylic acids is 2. The Morgan fingerprint density at radius 2 is 1.78 bits per heavy atom. The molecule has 3 aromatic rings. The minimum absolute atomic E-state index is 0.0701. The maximum Gasteiger partial charge on any atom is 0.323 e. The van der Waals surface area contributed by atoms with Crippen LogP contribution < -0.4 is 25.6 Å². The molecule has 0 bridgehead atoms. The number of aromatic nitrogens is 2. The molecule has 4 N–H and O–H groups in total. The molecule has 194 valence electrons. The molecule has 1 fully saturated rings. The van der Waals surface area contributed by atoms with Crippen molar-refractivity contribution in [3.63, 3.8) is 0 Å². The second-order valence-electron chi connectivity index (χ2n) is 7.90. The third-order valence-corrected chi connectivity index (χ3v) is 5.60. The van der Waals surface area contributed by atoms with Gasteiger partial charge in [0.2, 0.25) is 0 Å². The van der Waals surface area contributed by atoms with E-state index < -0.39 is 6.03 Å². The van der Waals surface area contributed by atoms with Crippen molar-refractivity contribution in [1.29, 1.82) is 0 Å². The van der Waals surface area contributed by atoms with Crippen LogP contribution in [0.25, 0.3) is 11.4 Å². The molecule has 11 nitrogen and oxygen atoms in total. The van der Waals surface area contributed by atoms with Crippen molar-refractivity contribution in [2.24, 2.45) is 0 Å². The second kappa shape index (κ2) is 12.3. The first kappa shape index (κ1) is 26.1. The molecule has 1 aliphatic heterocycles. The Kier molecular flexibility index (Phi) is 8.72. The number of halogens is 1. The lowest BCUT2D eigenvalue weighted by molar-refractivity contribution is -0.125. The smallest absolute Gasteiger partial charge is 0.323 e. The van der Waals surface area contributed by atoms with Gasteiger partial charge in [0.05, 0.1) is 19.8 Å². The van der Waals surface area contributed by atoms with E-state index in [2.05, 4.69) is 25.9 Å². The van der Waals surface area contributed by atoms with Crippen molar-refractivity contribution in [2.75, 3.05) is 60.4 Å². The molecule has 4 rings (SSSR count). The summed E-state index contributed by atoms with van der Waals surface area (Å²) in [6, 6.07) is 13.5. The molecule has 0 aliphatic carbocycles. The third kappa shape index (κ3) is 6.64. The van der Waals surface area contributed by atoms with Crippen LogP contribution in [-0.2, 0) is 9.53 Å². The van der Waals surface area contributed by atoms with Crippen molar-refractivity contribution in [3.05, 3.63) is 53.7 Å². The van der Waals surface area contributed by atoms with E-state index in [-0.39, 0.29) is 30.8 Å². The monoisotopic (exact) mass is 526 g/mol. The van der Waals surface area contributed by atoms with E-state index in [9.17, 15) is 9.59 Å². The van der Waals surface area contributed by atoms with Gasteiger partial charge in [-0.1, -0.05) is 11.6 Å². The summed E-state index contributed by atoms with van der Waals surface area (Å²) in [5.74, 6) is 0.977. The number of amides is 3. The summed E-state index contributed by atoms with van der Waals surface area (Å²) >= 11 is 6.31. The number of nitrogens with zero attached hydrogens (tertiary/aromatic N) is 3. The normalized spacial score (nSPS) is 13.3. The van der Waals surface area contributed by atoms with Gasteiger partial charge in [0.15, 0.2) is 22.5 Å². The Balaban J connectivity index is 1.39. The van der Waals surface area contributed by atoms with Crippen molar-refractivity contribution in [1.82, 2.24) is 9.97 Å². The zero-order valence-corrected chi connectivity index (χ0v) is 20.9. The second-order valence-corrected chi connectivity index (χ2v) is 8.26. The number of anilines is 4. The van der Waals surface area contributed by atoms with Crippen LogP contribution in [0.15, 0.2) is 48.5 Å². The standard InChI is InChI=1S/C25H27ClN6O5/c1-2-37-21-22(26)30-23(31-24(21)27-11-13-33)16-3-5-17(6-4-16)28-25(35)29-18-7-9-19(10-8-18)32-12-14-36-15-20(32)34/h3-10,33H,2,11-15H2,1H3,(H,27,30,31)(H2,28,29,35). The molecule has 1 aromatic heterocycles. The zero-order chi connectivity index (χ0) is 26.2. The Bertz CT molecular complexity index is 1240. The number of urea groups is 1. The lowest BCUT2D eigenvalue weighted by Gasteiger charge is -2.26. The van der Waals surface area contributed by atoms with Crippen molar-refractivity contribution in [3.8, 4) is 17.1 Å². The number of morpholine rings is 1. The van der Waals surface area contributed by atoms with Crippen LogP contribution in [-0.4, -0.2) is 66.5 Å². The van der Waals surface area contributed by atoms with Gasteiger partial charge in [-0.3, -0.25) is 4.79 Å². The average molecular weight is 527 g/mol. The highest BCUT2D eigenvalue weighted by molar-refractivity contribution is 6.31. The maximum atomic E-state index is 12.5. The van der Waals surface area contributed by atoms with E-state index in [1.165, 1.54) is 0 Å². The van der Waals surface area contributed by atoms with Gasteiger partial charge in [-0.25, -0.2) is 14.8 Å². The Hall–Kier alpha value is -3.93. The van der Waals surface area contributed by atoms with E-state index in [0.717, 1.165) is 5.69 Å². The fourth-order valence-electron chi connectivity index (χ4n) is 3.63. The highest BCUT2D eigenvalue weighted by atomic mass is 35.5. The average Bonchev–Trinajstić information content (AvgIpc) is 2.90. The van der Waals surface area contributed by atoms with E-state index in [1.54, 1.807) is 53.4 Å². The first-order chi connectivity index (χ1) is 18.0. The van der Waals surface area contributed by atoms with Crippen molar-refractivity contribution >= 4 is 46.4 Å². The van der Waals surface area contributed by atoms with Crippen LogP contribution in [0.5, 0.6) is 5.75 Å². The molecule has 0 saturated carbocycles. The summed E-state index contributed by atoms with van der Waals surface area (Å²) in [4.78, 5) is 34.9. The van der Waals surface area contributed by atoms with Crippen LogP contribution >= 0.6 is 11.6 Å². The van der Waals surface area contributed by atoms with Gasteiger partial charge < -0.3 is 35.4 Å². The number of aliphatic hydroxyl groups excluding tert-OH is 1. The number of aliphatic hydroxyl groups is 1. The minimum atomic E-state index is -0.418. The molecule has 2 heterocycles. The first-order valence-corrected chi connectivity index (χ1v) is 12.1. The molecular weight excluding hydrogens is 500 g/mol. The zero-order valence-electron chi connectivity index (χ0n) is 20.2. The maximum absolute atomic E-state index is 12.5. The summed E-state index contributed by atoms with van der Waals surface area (Å²) in [5.41, 5.74) is 2.57. The molecule has 1 aliphatic rings. The molecule has 0 radical (unpaired) electrons. The van der Waals surface area contributed by atoms with Crippen LogP contribution in [0.1, 0.15) is 6.92 Å². The predicted octanol–water partition coefficient (Wildman–Crippen LogP) is 3.61. The lowest BCUT2D eigenvalue weighted by atomic mass is 10.2. The minimum Gasteiger partial charge on any atom is -0.487 e. The van der Waals surface area contributed by atoms with E-state index in [4.69, 9.17) is 26.2 Å². The number of ether oxygens (including phenoxy) is 2. The Morgan fingerprint density at radius 3 is 2.41 bits per heavy atom. The number of hydrogen-bond donors (Lipinski definition) is 4. The summed E-state index contributed by atoms with van der Waals surface area (Å²) in [5, 5.41) is 17.8. The first-order valence-electron chi connectivity index (χ1n) is 11.7. The third-order valence-electron chi connectivity index (χ3n) is 5.34. The SMILES string of the molecule is CCOc1c(Cl)nc(-c2ccc(NC(=O)Nc3ccc(N4CCOCC4=O)cc3)cc2)nc1NCCO. The van der Waals surface area contributed by atoms with Crippen molar-refractivity contribution in [2.45, 2.75) is 6.92 Å². The van der Waals surface area contributed by atoms with Gasteiger partial charge in [0.1, 0.15) is 6.61 Å². The summed E-state index contributed by atoms with van der Waals surface area (Å²) in [7, 11) is 0. The van der Waals surface area contributed by atoms with E-state index in [0.29, 0.717) is 54.1 Å². The molecule has 3 amide bonds. The highest BCUT2D eigenvalue weighted by Gasteiger charge is 2.20. The van der Waals surface area contributed by atoms with Gasteiger partial charge in [0.25, 0.3) is 5.91 Å².